The SMILES string of the molecule is Cc1ccccc1C1CC1C(=O)NC(CO)CC(C)(C)C. The predicted molar refractivity (Wildman–Crippen MR) is 85.1 cm³/mol. The molecule has 1 saturated carbocycles. The molecule has 2 rings (SSSR count). The predicted octanol–water partition coefficient (Wildman–Crippen LogP) is 3.01. The van der Waals surface area contributed by atoms with Crippen molar-refractivity contribution in [2.75, 3.05) is 6.61 Å². The molecule has 2 N–H and O–H groups in total. The maximum atomic E-state index is 12.3. The Labute approximate surface area is 127 Å². The quantitative estimate of drug-likeness (QED) is 0.875. The molecule has 0 saturated heterocycles. The van der Waals surface area contributed by atoms with Gasteiger partial charge in [-0.15, -0.1) is 0 Å². The zero-order valence-corrected chi connectivity index (χ0v) is 13.5. The standard InChI is InChI=1S/C18H27NO2/c1-12-7-5-6-8-14(12)15-9-16(15)17(21)19-13(11-20)10-18(2,3)4/h5-8,13,15-16,20H,9-11H2,1-4H3,(H,19,21). The number of aliphatic hydroxyl groups excluding tert-OH is 1. The Bertz CT molecular complexity index is 504. The molecule has 1 aromatic carbocycles. The lowest BCUT2D eigenvalue weighted by atomic mass is 9.88. The Morgan fingerprint density at radius 1 is 1.38 bits per heavy atom. The van der Waals surface area contributed by atoms with Crippen molar-refractivity contribution in [3.8, 4) is 0 Å². The van der Waals surface area contributed by atoms with E-state index < -0.39 is 0 Å². The first-order chi connectivity index (χ1) is 9.81. The number of aryl methyl sites for hydroxylation is 1. The number of benzene rings is 1. The minimum atomic E-state index is -0.143. The van der Waals surface area contributed by atoms with Gasteiger partial charge in [0.05, 0.1) is 12.6 Å². The van der Waals surface area contributed by atoms with Crippen molar-refractivity contribution in [2.45, 2.75) is 52.5 Å². The molecule has 3 heteroatoms. The lowest BCUT2D eigenvalue weighted by Crippen LogP contribution is -2.41. The van der Waals surface area contributed by atoms with Crippen molar-refractivity contribution >= 4 is 5.91 Å². The second-order valence-corrected chi connectivity index (χ2v) is 7.46. The third-order valence-electron chi connectivity index (χ3n) is 4.14. The lowest BCUT2D eigenvalue weighted by molar-refractivity contribution is -0.123. The monoisotopic (exact) mass is 289 g/mol. The van der Waals surface area contributed by atoms with E-state index in [9.17, 15) is 9.90 Å². The van der Waals surface area contributed by atoms with E-state index in [0.717, 1.165) is 12.8 Å². The van der Waals surface area contributed by atoms with E-state index >= 15 is 0 Å². The molecule has 0 radical (unpaired) electrons. The van der Waals surface area contributed by atoms with Gasteiger partial charge in [0.2, 0.25) is 5.91 Å². The van der Waals surface area contributed by atoms with Crippen LogP contribution in [0.25, 0.3) is 0 Å². The van der Waals surface area contributed by atoms with Crippen molar-refractivity contribution in [3.05, 3.63) is 35.4 Å². The number of hydrogen-bond acceptors (Lipinski definition) is 2. The number of hydrogen-bond donors (Lipinski definition) is 2. The molecule has 0 aliphatic heterocycles. The van der Waals surface area contributed by atoms with Crippen LogP contribution in [0.4, 0.5) is 0 Å². The average molecular weight is 289 g/mol. The van der Waals surface area contributed by atoms with Gasteiger partial charge in [0, 0.05) is 5.92 Å². The fourth-order valence-corrected chi connectivity index (χ4v) is 3.04. The molecule has 0 spiro atoms. The van der Waals surface area contributed by atoms with Crippen LogP contribution in [0.3, 0.4) is 0 Å². The van der Waals surface area contributed by atoms with Gasteiger partial charge in [0.1, 0.15) is 0 Å². The van der Waals surface area contributed by atoms with Crippen LogP contribution < -0.4 is 5.32 Å². The van der Waals surface area contributed by atoms with Crippen LogP contribution in [0.5, 0.6) is 0 Å². The highest BCUT2D eigenvalue weighted by molar-refractivity contribution is 5.83. The highest BCUT2D eigenvalue weighted by Gasteiger charge is 2.44. The van der Waals surface area contributed by atoms with Crippen molar-refractivity contribution in [2.24, 2.45) is 11.3 Å². The van der Waals surface area contributed by atoms with Gasteiger partial charge in [-0.2, -0.15) is 0 Å². The third-order valence-corrected chi connectivity index (χ3v) is 4.14. The molecular weight excluding hydrogens is 262 g/mol. The van der Waals surface area contributed by atoms with E-state index in [1.54, 1.807) is 0 Å². The van der Waals surface area contributed by atoms with Crippen molar-refractivity contribution < 1.29 is 9.90 Å². The maximum Gasteiger partial charge on any atom is 0.224 e. The van der Waals surface area contributed by atoms with E-state index in [1.165, 1.54) is 11.1 Å². The van der Waals surface area contributed by atoms with Gasteiger partial charge in [-0.25, -0.2) is 0 Å². The molecule has 3 nitrogen and oxygen atoms in total. The molecule has 21 heavy (non-hydrogen) atoms. The van der Waals surface area contributed by atoms with Gasteiger partial charge in [-0.05, 0) is 42.2 Å². The summed E-state index contributed by atoms with van der Waals surface area (Å²) in [6, 6.07) is 8.13. The Balaban J connectivity index is 1.92. The average Bonchev–Trinajstić information content (AvgIpc) is 3.17. The number of carbonyl (C=O) groups excluding carboxylic acids is 1. The fraction of sp³-hybridized carbons (Fsp3) is 0.611. The zero-order chi connectivity index (χ0) is 15.6. The second kappa shape index (κ2) is 6.18. The molecule has 1 aliphatic rings. The summed E-state index contributed by atoms with van der Waals surface area (Å²) in [6.45, 7) is 8.46. The molecule has 0 bridgehead atoms. The van der Waals surface area contributed by atoms with Gasteiger partial charge in [0.25, 0.3) is 0 Å². The molecule has 3 unspecified atom stereocenters. The Morgan fingerprint density at radius 3 is 2.62 bits per heavy atom. The van der Waals surface area contributed by atoms with E-state index in [1.807, 2.05) is 12.1 Å². The summed E-state index contributed by atoms with van der Waals surface area (Å²) in [7, 11) is 0. The molecule has 1 fully saturated rings. The first kappa shape index (κ1) is 16.0. The smallest absolute Gasteiger partial charge is 0.224 e. The van der Waals surface area contributed by atoms with Crippen LogP contribution in [0, 0.1) is 18.3 Å². The summed E-state index contributed by atoms with van der Waals surface area (Å²) in [5, 5.41) is 12.5. The number of nitrogens with one attached hydrogen (secondary N) is 1. The first-order valence-corrected chi connectivity index (χ1v) is 7.78. The molecule has 1 aromatic rings. The van der Waals surface area contributed by atoms with Gasteiger partial charge < -0.3 is 10.4 Å². The second-order valence-electron chi connectivity index (χ2n) is 7.46. The van der Waals surface area contributed by atoms with E-state index in [2.05, 4.69) is 45.1 Å². The third kappa shape index (κ3) is 4.31. The van der Waals surface area contributed by atoms with Gasteiger partial charge in [-0.3, -0.25) is 4.79 Å². The Morgan fingerprint density at radius 2 is 2.05 bits per heavy atom. The summed E-state index contributed by atoms with van der Waals surface area (Å²) >= 11 is 0. The van der Waals surface area contributed by atoms with Crippen LogP contribution >= 0.6 is 0 Å². The Hall–Kier alpha value is -1.35. The first-order valence-electron chi connectivity index (χ1n) is 7.78. The summed E-state index contributed by atoms with van der Waals surface area (Å²) in [6.07, 6.45) is 1.71. The van der Waals surface area contributed by atoms with Crippen LogP contribution in [-0.4, -0.2) is 23.7 Å². The summed E-state index contributed by atoms with van der Waals surface area (Å²) in [4.78, 5) is 12.3. The number of amides is 1. The lowest BCUT2D eigenvalue weighted by Gasteiger charge is -2.25. The van der Waals surface area contributed by atoms with Crippen LogP contribution in [0.2, 0.25) is 0 Å². The highest BCUT2D eigenvalue weighted by atomic mass is 16.3. The fourth-order valence-electron chi connectivity index (χ4n) is 3.04. The minimum Gasteiger partial charge on any atom is -0.394 e. The summed E-state index contributed by atoms with van der Waals surface area (Å²) < 4.78 is 0. The molecule has 0 aromatic heterocycles. The van der Waals surface area contributed by atoms with Crippen molar-refractivity contribution in [1.29, 1.82) is 0 Å². The number of aliphatic hydroxyl groups is 1. The molecular formula is C18H27NO2. The zero-order valence-electron chi connectivity index (χ0n) is 13.5. The number of carbonyl (C=O) groups is 1. The van der Waals surface area contributed by atoms with Gasteiger partial charge in [-0.1, -0.05) is 45.0 Å². The molecule has 1 aliphatic carbocycles. The maximum absolute atomic E-state index is 12.3. The van der Waals surface area contributed by atoms with Crippen molar-refractivity contribution in [1.82, 2.24) is 5.32 Å². The van der Waals surface area contributed by atoms with E-state index in [4.69, 9.17) is 0 Å². The van der Waals surface area contributed by atoms with E-state index in [0.29, 0.717) is 5.92 Å². The largest absolute Gasteiger partial charge is 0.394 e. The van der Waals surface area contributed by atoms with E-state index in [-0.39, 0.29) is 29.9 Å². The Kier molecular flexibility index (Phi) is 4.72. The van der Waals surface area contributed by atoms with Crippen LogP contribution in [0.1, 0.15) is 50.7 Å². The minimum absolute atomic E-state index is 0.00472. The van der Waals surface area contributed by atoms with Gasteiger partial charge in [0.15, 0.2) is 0 Å². The number of rotatable bonds is 5. The molecule has 1 amide bonds. The van der Waals surface area contributed by atoms with Crippen molar-refractivity contribution in [3.63, 3.8) is 0 Å². The normalized spacial score (nSPS) is 22.7. The molecule has 3 atom stereocenters. The highest BCUT2D eigenvalue weighted by Crippen LogP contribution is 2.48. The summed E-state index contributed by atoms with van der Waals surface area (Å²) in [5.74, 6) is 0.506. The van der Waals surface area contributed by atoms with Crippen LogP contribution in [0.15, 0.2) is 24.3 Å². The molecule has 0 heterocycles. The van der Waals surface area contributed by atoms with Gasteiger partial charge >= 0.3 is 0 Å². The molecule has 116 valence electrons. The topological polar surface area (TPSA) is 49.3 Å². The van der Waals surface area contributed by atoms with Crippen LogP contribution in [-0.2, 0) is 4.79 Å². The summed E-state index contributed by atoms with van der Waals surface area (Å²) in [5.41, 5.74) is 2.64.